The number of fused-ring (bicyclic) bond motifs is 1. The van der Waals surface area contributed by atoms with E-state index < -0.39 is 24.5 Å². The zero-order chi connectivity index (χ0) is 15.7. The van der Waals surface area contributed by atoms with Gasteiger partial charge in [-0.3, -0.25) is 4.57 Å². The predicted molar refractivity (Wildman–Crippen MR) is 86.4 cm³/mol. The van der Waals surface area contributed by atoms with Gasteiger partial charge < -0.3 is 26.0 Å². The maximum Gasteiger partial charge on any atom is 0.167 e. The van der Waals surface area contributed by atoms with Crippen LogP contribution in [0.1, 0.15) is 6.23 Å². The Morgan fingerprint density at radius 2 is 2.14 bits per heavy atom. The van der Waals surface area contributed by atoms with Crippen LogP contribution in [0.5, 0.6) is 0 Å². The van der Waals surface area contributed by atoms with E-state index in [-0.39, 0.29) is 0 Å². The Morgan fingerprint density at radius 3 is 2.82 bits per heavy atom. The Morgan fingerprint density at radius 1 is 1.32 bits per heavy atom. The van der Waals surface area contributed by atoms with Crippen LogP contribution >= 0.6 is 22.6 Å². The maximum absolute atomic E-state index is 10.2. The van der Waals surface area contributed by atoms with E-state index in [2.05, 4.69) is 48.6 Å². The summed E-state index contributed by atoms with van der Waals surface area (Å²) in [6.07, 6.45) is -0.0999. The van der Waals surface area contributed by atoms with Gasteiger partial charge in [-0.2, -0.15) is 0 Å². The molecule has 1 fully saturated rings. The van der Waals surface area contributed by atoms with Crippen LogP contribution in [0, 0.1) is 0 Å². The lowest BCUT2D eigenvalue weighted by Crippen LogP contribution is -2.53. The van der Waals surface area contributed by atoms with Gasteiger partial charge in [0.25, 0.3) is 0 Å². The van der Waals surface area contributed by atoms with E-state index in [9.17, 15) is 10.2 Å². The van der Waals surface area contributed by atoms with Crippen LogP contribution in [0.4, 0.5) is 5.82 Å². The summed E-state index contributed by atoms with van der Waals surface area (Å²) in [6, 6.07) is 0. The number of alkyl halides is 1. The van der Waals surface area contributed by atoms with Crippen molar-refractivity contribution in [3.63, 3.8) is 0 Å². The van der Waals surface area contributed by atoms with Crippen molar-refractivity contribution in [3.8, 4) is 0 Å². The van der Waals surface area contributed by atoms with Crippen molar-refractivity contribution in [1.29, 1.82) is 0 Å². The molecule has 0 spiro atoms. The highest BCUT2D eigenvalue weighted by Gasteiger charge is 2.43. The second kappa shape index (κ2) is 6.58. The Balaban J connectivity index is 1.95. The van der Waals surface area contributed by atoms with Gasteiger partial charge in [-0.25, -0.2) is 15.0 Å². The average molecular weight is 421 g/mol. The minimum Gasteiger partial charge on any atom is -0.387 e. The third-order valence-corrected chi connectivity index (χ3v) is 4.46. The molecule has 0 aromatic carbocycles. The first-order valence-electron chi connectivity index (χ1n) is 6.95. The minimum atomic E-state index is -1.02. The molecule has 0 aliphatic carbocycles. The maximum atomic E-state index is 10.2. The van der Waals surface area contributed by atoms with Gasteiger partial charge in [-0.05, 0) is 0 Å². The molecule has 120 valence electrons. The van der Waals surface area contributed by atoms with Crippen molar-refractivity contribution in [2.24, 2.45) is 0 Å². The molecule has 3 rings (SSSR count). The van der Waals surface area contributed by atoms with Crippen LogP contribution in [0.15, 0.2) is 12.7 Å². The molecule has 1 saturated heterocycles. The highest BCUT2D eigenvalue weighted by atomic mass is 127. The number of imidazole rings is 1. The van der Waals surface area contributed by atoms with Crippen molar-refractivity contribution in [2.75, 3.05) is 22.8 Å². The number of aliphatic hydroxyl groups excluding tert-OH is 2. The van der Waals surface area contributed by atoms with Crippen molar-refractivity contribution in [1.82, 2.24) is 19.5 Å². The number of anilines is 1. The average Bonchev–Trinajstić information content (AvgIpc) is 3.08. The molecule has 3 heterocycles. The summed E-state index contributed by atoms with van der Waals surface area (Å²) < 4.78 is 7.95. The van der Waals surface area contributed by atoms with Gasteiger partial charge in [0.05, 0.1) is 25.5 Å². The van der Waals surface area contributed by atoms with Gasteiger partial charge in [-0.15, -0.1) is 0 Å². The fourth-order valence-corrected chi connectivity index (χ4v) is 3.19. The van der Waals surface area contributed by atoms with Gasteiger partial charge in [-0.1, -0.05) is 22.6 Å². The first-order valence-corrected chi connectivity index (χ1v) is 8.48. The van der Waals surface area contributed by atoms with Crippen LogP contribution in [-0.4, -0.2) is 65.6 Å². The quantitative estimate of drug-likeness (QED) is 0.343. The van der Waals surface area contributed by atoms with Gasteiger partial charge in [0, 0.05) is 4.43 Å². The smallest absolute Gasteiger partial charge is 0.167 e. The molecule has 22 heavy (non-hydrogen) atoms. The monoisotopic (exact) mass is 421 g/mol. The molecular weight excluding hydrogens is 403 g/mol. The summed E-state index contributed by atoms with van der Waals surface area (Å²) >= 11 is 2.12. The molecule has 0 radical (unpaired) electrons. The second-order valence-corrected chi connectivity index (χ2v) is 5.91. The molecule has 1 aliphatic heterocycles. The molecule has 2 aromatic heterocycles. The zero-order valence-electron chi connectivity index (χ0n) is 11.8. The third-order valence-electron chi connectivity index (χ3n) is 3.59. The summed E-state index contributed by atoms with van der Waals surface area (Å²) in [4.78, 5) is 12.7. The first kappa shape index (κ1) is 15.8. The minimum absolute atomic E-state index is 0.413. The van der Waals surface area contributed by atoms with E-state index in [1.54, 1.807) is 10.9 Å². The number of hydrogen-bond donors (Lipinski definition) is 4. The fourth-order valence-electron chi connectivity index (χ4n) is 2.46. The Kier molecular flexibility index (Phi) is 4.73. The number of rotatable bonds is 5. The van der Waals surface area contributed by atoms with Gasteiger partial charge >= 0.3 is 0 Å². The van der Waals surface area contributed by atoms with Crippen molar-refractivity contribution >= 4 is 39.6 Å². The zero-order valence-corrected chi connectivity index (χ0v) is 13.9. The summed E-state index contributed by atoms with van der Waals surface area (Å²) in [5.74, 6) is 0.617. The van der Waals surface area contributed by atoms with Gasteiger partial charge in [0.2, 0.25) is 0 Å². The molecule has 6 N–H and O–H groups in total. The van der Waals surface area contributed by atoms with Crippen LogP contribution in [-0.2, 0) is 4.74 Å². The molecule has 1 unspecified atom stereocenters. The first-order chi connectivity index (χ1) is 10.7. The summed E-state index contributed by atoms with van der Waals surface area (Å²) in [6.45, 7) is 1.40. The summed E-state index contributed by atoms with van der Waals surface area (Å²) in [5.41, 5.74) is 4.92. The van der Waals surface area contributed by atoms with E-state index in [1.165, 1.54) is 6.33 Å². The number of ether oxygens (including phenoxy) is 1. The lowest BCUT2D eigenvalue weighted by molar-refractivity contribution is -0.362. The van der Waals surface area contributed by atoms with Crippen LogP contribution in [0.3, 0.4) is 0 Å². The standard InChI is InChI=1S/C12H17IN6O3/c13-3-6-8(20)9(21)12(22-6)19-5-18-7-10(15-2-1-14)16-4-17-11(7)19/h4-6,8-9,12,20-21H,1-3,14H2,(H,15,16,17)/p+1/t6-,8?,9+,12-/m1/s1. The number of nitrogens with zero attached hydrogens (tertiary/aromatic N) is 4. The highest BCUT2D eigenvalue weighted by molar-refractivity contribution is 14.1. The van der Waals surface area contributed by atoms with Gasteiger partial charge in [0.15, 0.2) is 23.2 Å². The molecular formula is C12H18IN6O3+. The van der Waals surface area contributed by atoms with E-state index >= 15 is 0 Å². The number of aromatic nitrogens is 4. The van der Waals surface area contributed by atoms with Gasteiger partial charge in [0.1, 0.15) is 18.5 Å². The Labute approximate surface area is 140 Å². The SMILES string of the molecule is [NH3+]CCNc1ncnc2c1ncn2[C@@H]1O[C@H](CI)C(O)[C@@H]1O. The van der Waals surface area contributed by atoms with E-state index in [1.807, 2.05) is 0 Å². The predicted octanol–water partition coefficient (Wildman–Crippen LogP) is -1.47. The topological polar surface area (TPSA) is 133 Å². The summed E-state index contributed by atoms with van der Waals surface area (Å²) in [7, 11) is 0. The number of hydrogen-bond acceptors (Lipinski definition) is 7. The summed E-state index contributed by atoms with van der Waals surface area (Å²) in [5, 5.41) is 23.3. The second-order valence-electron chi connectivity index (χ2n) is 5.03. The van der Waals surface area contributed by atoms with Crippen LogP contribution in [0.2, 0.25) is 0 Å². The molecule has 1 aliphatic rings. The van der Waals surface area contributed by atoms with Crippen LogP contribution in [0.25, 0.3) is 11.2 Å². The van der Waals surface area contributed by atoms with Crippen molar-refractivity contribution < 1.29 is 20.7 Å². The fraction of sp³-hybridized carbons (Fsp3) is 0.583. The number of aliphatic hydroxyl groups is 2. The number of quaternary nitrogens is 1. The van der Waals surface area contributed by atoms with E-state index in [4.69, 9.17) is 4.74 Å². The lowest BCUT2D eigenvalue weighted by atomic mass is 10.1. The Bertz CT molecular complexity index is 653. The number of halogens is 1. The molecule has 4 atom stereocenters. The third kappa shape index (κ3) is 2.65. The molecule has 0 saturated carbocycles. The van der Waals surface area contributed by atoms with E-state index in [0.29, 0.717) is 28.0 Å². The largest absolute Gasteiger partial charge is 0.387 e. The normalized spacial score (nSPS) is 28.4. The van der Waals surface area contributed by atoms with Crippen molar-refractivity contribution in [3.05, 3.63) is 12.7 Å². The van der Waals surface area contributed by atoms with Crippen LogP contribution < -0.4 is 11.1 Å². The molecule has 9 nitrogen and oxygen atoms in total. The van der Waals surface area contributed by atoms with Crippen molar-refractivity contribution in [2.45, 2.75) is 24.5 Å². The molecule has 2 aromatic rings. The van der Waals surface area contributed by atoms with E-state index in [0.717, 1.165) is 6.54 Å². The molecule has 10 heteroatoms. The number of nitrogens with one attached hydrogen (secondary N) is 1. The highest BCUT2D eigenvalue weighted by Crippen LogP contribution is 2.32. The Hall–Kier alpha value is -1.08. The molecule has 0 amide bonds. The molecule has 0 bridgehead atoms. The lowest BCUT2D eigenvalue weighted by Gasteiger charge is -2.16.